The van der Waals surface area contributed by atoms with Gasteiger partial charge in [-0.3, -0.25) is 0 Å². The summed E-state index contributed by atoms with van der Waals surface area (Å²) in [6.45, 7) is 1.90. The molecule has 2 amide bonds. The molecule has 0 aliphatic heterocycles. The van der Waals surface area contributed by atoms with Crippen LogP contribution in [0.4, 0.5) is 10.5 Å². The van der Waals surface area contributed by atoms with Crippen molar-refractivity contribution < 1.29 is 4.79 Å². The SMILES string of the molecule is CC(NC(=O)Nc1ccc(Cl)cc1)c1cccc(Cl)c1. The lowest BCUT2D eigenvalue weighted by atomic mass is 10.1. The summed E-state index contributed by atoms with van der Waals surface area (Å²) < 4.78 is 0. The molecule has 2 rings (SSSR count). The quantitative estimate of drug-likeness (QED) is 0.834. The summed E-state index contributed by atoms with van der Waals surface area (Å²) in [5.74, 6) is 0. The maximum Gasteiger partial charge on any atom is 0.319 e. The van der Waals surface area contributed by atoms with Gasteiger partial charge in [0.2, 0.25) is 0 Å². The van der Waals surface area contributed by atoms with E-state index in [0.29, 0.717) is 15.7 Å². The van der Waals surface area contributed by atoms with Crippen molar-refractivity contribution in [3.8, 4) is 0 Å². The van der Waals surface area contributed by atoms with Gasteiger partial charge in [0, 0.05) is 15.7 Å². The second kappa shape index (κ2) is 6.64. The highest BCUT2D eigenvalue weighted by atomic mass is 35.5. The first-order valence-corrected chi connectivity index (χ1v) is 6.89. The molecule has 0 bridgehead atoms. The zero-order chi connectivity index (χ0) is 14.5. The number of anilines is 1. The Kier molecular flexibility index (Phi) is 4.88. The van der Waals surface area contributed by atoms with Crippen LogP contribution in [0.1, 0.15) is 18.5 Å². The topological polar surface area (TPSA) is 41.1 Å². The Morgan fingerprint density at radius 2 is 1.75 bits per heavy atom. The molecule has 0 heterocycles. The molecule has 3 nitrogen and oxygen atoms in total. The predicted molar refractivity (Wildman–Crippen MR) is 83.5 cm³/mol. The van der Waals surface area contributed by atoms with Crippen molar-refractivity contribution in [2.24, 2.45) is 0 Å². The number of hydrogen-bond donors (Lipinski definition) is 2. The van der Waals surface area contributed by atoms with Crippen molar-refractivity contribution in [2.75, 3.05) is 5.32 Å². The van der Waals surface area contributed by atoms with Gasteiger partial charge in [-0.15, -0.1) is 0 Å². The lowest BCUT2D eigenvalue weighted by molar-refractivity contribution is 0.249. The van der Waals surface area contributed by atoms with Crippen molar-refractivity contribution in [1.82, 2.24) is 5.32 Å². The van der Waals surface area contributed by atoms with Crippen molar-refractivity contribution in [1.29, 1.82) is 0 Å². The van der Waals surface area contributed by atoms with E-state index >= 15 is 0 Å². The third kappa shape index (κ3) is 4.15. The molecular formula is C15H14Cl2N2O. The highest BCUT2D eigenvalue weighted by Crippen LogP contribution is 2.18. The van der Waals surface area contributed by atoms with Gasteiger partial charge >= 0.3 is 6.03 Å². The fourth-order valence-corrected chi connectivity index (χ4v) is 2.08. The van der Waals surface area contributed by atoms with Gasteiger partial charge in [-0.25, -0.2) is 4.79 Å². The molecule has 1 unspecified atom stereocenters. The van der Waals surface area contributed by atoms with E-state index in [1.807, 2.05) is 25.1 Å². The van der Waals surface area contributed by atoms with E-state index < -0.39 is 0 Å². The number of urea groups is 1. The lowest BCUT2D eigenvalue weighted by Crippen LogP contribution is -2.31. The van der Waals surface area contributed by atoms with Crippen LogP contribution >= 0.6 is 23.2 Å². The molecule has 0 saturated carbocycles. The largest absolute Gasteiger partial charge is 0.331 e. The minimum absolute atomic E-state index is 0.138. The van der Waals surface area contributed by atoms with Crippen molar-refractivity contribution in [3.05, 3.63) is 64.1 Å². The number of nitrogens with one attached hydrogen (secondary N) is 2. The van der Waals surface area contributed by atoms with Crippen molar-refractivity contribution in [3.63, 3.8) is 0 Å². The van der Waals surface area contributed by atoms with E-state index in [9.17, 15) is 4.79 Å². The zero-order valence-corrected chi connectivity index (χ0v) is 12.4. The van der Waals surface area contributed by atoms with Crippen LogP contribution in [0, 0.1) is 0 Å². The van der Waals surface area contributed by atoms with E-state index in [4.69, 9.17) is 23.2 Å². The smallest absolute Gasteiger partial charge is 0.319 e. The third-order valence-corrected chi connectivity index (χ3v) is 3.29. The van der Waals surface area contributed by atoms with Gasteiger partial charge < -0.3 is 10.6 Å². The maximum absolute atomic E-state index is 11.9. The number of halogens is 2. The normalized spacial score (nSPS) is 11.8. The van der Waals surface area contributed by atoms with Crippen LogP contribution < -0.4 is 10.6 Å². The monoisotopic (exact) mass is 308 g/mol. The Labute approximate surface area is 127 Å². The average molecular weight is 309 g/mol. The van der Waals surface area contributed by atoms with Crippen molar-refractivity contribution in [2.45, 2.75) is 13.0 Å². The van der Waals surface area contributed by atoms with Crippen LogP contribution in [0.3, 0.4) is 0 Å². The summed E-state index contributed by atoms with van der Waals surface area (Å²) in [5.41, 5.74) is 1.63. The fraction of sp³-hybridized carbons (Fsp3) is 0.133. The van der Waals surface area contributed by atoms with Gasteiger partial charge in [0.1, 0.15) is 0 Å². The summed E-state index contributed by atoms with van der Waals surface area (Å²) in [6, 6.07) is 13.9. The molecule has 0 aromatic heterocycles. The van der Waals surface area contributed by atoms with Gasteiger partial charge in [-0.05, 0) is 48.9 Å². The molecule has 104 valence electrons. The Hall–Kier alpha value is -1.71. The Balaban J connectivity index is 1.95. The molecule has 0 spiro atoms. The van der Waals surface area contributed by atoms with Crippen LogP contribution in [0.15, 0.2) is 48.5 Å². The van der Waals surface area contributed by atoms with E-state index in [0.717, 1.165) is 5.56 Å². The molecule has 0 aliphatic carbocycles. The number of rotatable bonds is 3. The number of carbonyl (C=O) groups excluding carboxylic acids is 1. The van der Waals surface area contributed by atoms with Gasteiger partial charge in [0.25, 0.3) is 0 Å². The van der Waals surface area contributed by atoms with E-state index in [1.54, 1.807) is 30.3 Å². The standard InChI is InChI=1S/C15H14Cl2N2O/c1-10(11-3-2-4-13(17)9-11)18-15(20)19-14-7-5-12(16)6-8-14/h2-10H,1H3,(H2,18,19,20). The Morgan fingerprint density at radius 3 is 2.40 bits per heavy atom. The Bertz CT molecular complexity index is 599. The first kappa shape index (κ1) is 14.7. The first-order valence-electron chi connectivity index (χ1n) is 6.13. The van der Waals surface area contributed by atoms with Crippen molar-refractivity contribution >= 4 is 34.9 Å². The van der Waals surface area contributed by atoms with Gasteiger partial charge in [-0.1, -0.05) is 35.3 Å². The lowest BCUT2D eigenvalue weighted by Gasteiger charge is -2.15. The predicted octanol–water partition coefficient (Wildman–Crippen LogP) is 4.88. The summed E-state index contributed by atoms with van der Waals surface area (Å²) >= 11 is 11.7. The third-order valence-electron chi connectivity index (χ3n) is 2.80. The fourth-order valence-electron chi connectivity index (χ4n) is 1.76. The molecule has 0 aliphatic rings. The number of amides is 2. The molecule has 1 atom stereocenters. The highest BCUT2D eigenvalue weighted by molar-refractivity contribution is 6.30. The zero-order valence-electron chi connectivity index (χ0n) is 10.9. The molecule has 2 aromatic carbocycles. The second-order valence-corrected chi connectivity index (χ2v) is 5.25. The summed E-state index contributed by atoms with van der Waals surface area (Å²) in [7, 11) is 0. The molecule has 0 radical (unpaired) electrons. The Morgan fingerprint density at radius 1 is 1.05 bits per heavy atom. The number of carbonyl (C=O) groups is 1. The molecule has 5 heteroatoms. The second-order valence-electron chi connectivity index (χ2n) is 4.38. The van der Waals surface area contributed by atoms with Crippen LogP contribution in [-0.4, -0.2) is 6.03 Å². The molecule has 0 fully saturated rings. The van der Waals surface area contributed by atoms with E-state index in [1.165, 1.54) is 0 Å². The summed E-state index contributed by atoms with van der Waals surface area (Å²) in [6.07, 6.45) is 0. The van der Waals surface area contributed by atoms with Crippen LogP contribution in [-0.2, 0) is 0 Å². The summed E-state index contributed by atoms with van der Waals surface area (Å²) in [5, 5.41) is 6.86. The number of hydrogen-bond acceptors (Lipinski definition) is 1. The summed E-state index contributed by atoms with van der Waals surface area (Å²) in [4.78, 5) is 11.9. The molecule has 2 N–H and O–H groups in total. The van der Waals surface area contributed by atoms with Crippen LogP contribution in [0.25, 0.3) is 0 Å². The van der Waals surface area contributed by atoms with Gasteiger partial charge in [0.15, 0.2) is 0 Å². The first-order chi connectivity index (χ1) is 9.54. The van der Waals surface area contributed by atoms with E-state index in [2.05, 4.69) is 10.6 Å². The molecule has 20 heavy (non-hydrogen) atoms. The minimum Gasteiger partial charge on any atom is -0.331 e. The van der Waals surface area contributed by atoms with Gasteiger partial charge in [0.05, 0.1) is 6.04 Å². The average Bonchev–Trinajstić information content (AvgIpc) is 2.41. The van der Waals surface area contributed by atoms with Crippen LogP contribution in [0.5, 0.6) is 0 Å². The van der Waals surface area contributed by atoms with E-state index in [-0.39, 0.29) is 12.1 Å². The van der Waals surface area contributed by atoms with Crippen LogP contribution in [0.2, 0.25) is 10.0 Å². The van der Waals surface area contributed by atoms with Gasteiger partial charge in [-0.2, -0.15) is 0 Å². The molecule has 2 aromatic rings. The maximum atomic E-state index is 11.9. The minimum atomic E-state index is -0.278. The molecular weight excluding hydrogens is 295 g/mol. The number of benzene rings is 2. The molecule has 0 saturated heterocycles. The highest BCUT2D eigenvalue weighted by Gasteiger charge is 2.09.